The van der Waals surface area contributed by atoms with E-state index in [4.69, 9.17) is 9.26 Å². The molecule has 122 valence electrons. The minimum Gasteiger partial charge on any atom is -0.497 e. The van der Waals surface area contributed by atoms with Crippen LogP contribution in [0.5, 0.6) is 5.75 Å². The smallest absolute Gasteiger partial charge is 0.229 e. The SMILES string of the molecule is COc1ccc(N2CCN(Cc3noc(C4CC4)n3)CC2)cc1. The van der Waals surface area contributed by atoms with Crippen LogP contribution in [0.1, 0.15) is 30.5 Å². The van der Waals surface area contributed by atoms with E-state index in [1.165, 1.54) is 18.5 Å². The molecule has 6 nitrogen and oxygen atoms in total. The highest BCUT2D eigenvalue weighted by molar-refractivity contribution is 5.49. The van der Waals surface area contributed by atoms with Gasteiger partial charge in [-0.15, -0.1) is 0 Å². The van der Waals surface area contributed by atoms with Crippen molar-refractivity contribution in [2.24, 2.45) is 0 Å². The molecule has 1 saturated heterocycles. The average molecular weight is 314 g/mol. The number of methoxy groups -OCH3 is 1. The molecule has 1 saturated carbocycles. The zero-order chi connectivity index (χ0) is 15.6. The summed E-state index contributed by atoms with van der Waals surface area (Å²) >= 11 is 0. The van der Waals surface area contributed by atoms with E-state index in [2.05, 4.69) is 32.1 Å². The molecule has 23 heavy (non-hydrogen) atoms. The van der Waals surface area contributed by atoms with E-state index in [-0.39, 0.29) is 0 Å². The molecule has 1 aliphatic heterocycles. The number of ether oxygens (including phenoxy) is 1. The Balaban J connectivity index is 1.31. The van der Waals surface area contributed by atoms with Crippen molar-refractivity contribution in [3.05, 3.63) is 36.0 Å². The van der Waals surface area contributed by atoms with Crippen LogP contribution in [0.25, 0.3) is 0 Å². The Morgan fingerprint density at radius 3 is 2.52 bits per heavy atom. The van der Waals surface area contributed by atoms with Crippen LogP contribution in [0, 0.1) is 0 Å². The Kier molecular flexibility index (Phi) is 3.91. The van der Waals surface area contributed by atoms with Gasteiger partial charge >= 0.3 is 0 Å². The third-order valence-corrected chi connectivity index (χ3v) is 4.59. The van der Waals surface area contributed by atoms with E-state index in [0.29, 0.717) is 5.92 Å². The van der Waals surface area contributed by atoms with Crippen LogP contribution in [-0.4, -0.2) is 48.3 Å². The van der Waals surface area contributed by atoms with Crippen LogP contribution < -0.4 is 9.64 Å². The largest absolute Gasteiger partial charge is 0.497 e. The molecule has 0 unspecified atom stereocenters. The average Bonchev–Trinajstić information content (AvgIpc) is 3.36. The second-order valence-corrected chi connectivity index (χ2v) is 6.28. The maximum Gasteiger partial charge on any atom is 0.229 e. The van der Waals surface area contributed by atoms with Crippen molar-refractivity contribution in [2.75, 3.05) is 38.2 Å². The van der Waals surface area contributed by atoms with E-state index < -0.39 is 0 Å². The summed E-state index contributed by atoms with van der Waals surface area (Å²) in [6.45, 7) is 4.84. The fourth-order valence-corrected chi connectivity index (χ4v) is 2.99. The molecule has 2 aliphatic rings. The lowest BCUT2D eigenvalue weighted by molar-refractivity contribution is 0.240. The summed E-state index contributed by atoms with van der Waals surface area (Å²) in [5, 5.41) is 4.11. The van der Waals surface area contributed by atoms with E-state index in [9.17, 15) is 0 Å². The Bertz CT molecular complexity index is 643. The molecule has 1 aromatic heterocycles. The van der Waals surface area contributed by atoms with Crippen molar-refractivity contribution in [2.45, 2.75) is 25.3 Å². The second-order valence-electron chi connectivity index (χ2n) is 6.28. The molecule has 1 aliphatic carbocycles. The number of hydrogen-bond acceptors (Lipinski definition) is 6. The zero-order valence-corrected chi connectivity index (χ0v) is 13.4. The van der Waals surface area contributed by atoms with Gasteiger partial charge in [0.25, 0.3) is 0 Å². The summed E-state index contributed by atoms with van der Waals surface area (Å²) in [4.78, 5) is 9.31. The third-order valence-electron chi connectivity index (χ3n) is 4.59. The number of benzene rings is 1. The van der Waals surface area contributed by atoms with Crippen LogP contribution in [0.3, 0.4) is 0 Å². The summed E-state index contributed by atoms with van der Waals surface area (Å²) in [6, 6.07) is 8.27. The highest BCUT2D eigenvalue weighted by Gasteiger charge is 2.30. The maximum absolute atomic E-state index is 5.33. The van der Waals surface area contributed by atoms with E-state index in [1.54, 1.807) is 7.11 Å². The number of piperazine rings is 1. The topological polar surface area (TPSA) is 54.6 Å². The van der Waals surface area contributed by atoms with E-state index in [1.807, 2.05) is 12.1 Å². The summed E-state index contributed by atoms with van der Waals surface area (Å²) < 4.78 is 10.5. The Hall–Kier alpha value is -2.08. The van der Waals surface area contributed by atoms with Crippen molar-refractivity contribution in [3.63, 3.8) is 0 Å². The first-order valence-electron chi connectivity index (χ1n) is 8.25. The molecule has 0 atom stereocenters. The first kappa shape index (κ1) is 14.5. The maximum atomic E-state index is 5.33. The minimum absolute atomic E-state index is 0.531. The zero-order valence-electron chi connectivity index (χ0n) is 13.4. The van der Waals surface area contributed by atoms with Gasteiger partial charge in [0.05, 0.1) is 13.7 Å². The highest BCUT2D eigenvalue weighted by atomic mass is 16.5. The van der Waals surface area contributed by atoms with Crippen molar-refractivity contribution in [1.29, 1.82) is 0 Å². The summed E-state index contributed by atoms with van der Waals surface area (Å²) in [6.07, 6.45) is 2.39. The van der Waals surface area contributed by atoms with Gasteiger partial charge in [-0.05, 0) is 37.1 Å². The predicted molar refractivity (Wildman–Crippen MR) is 86.8 cm³/mol. The summed E-state index contributed by atoms with van der Waals surface area (Å²) in [7, 11) is 1.69. The molecule has 0 amide bonds. The molecule has 0 spiro atoms. The van der Waals surface area contributed by atoms with Gasteiger partial charge in [-0.25, -0.2) is 0 Å². The quantitative estimate of drug-likeness (QED) is 0.844. The van der Waals surface area contributed by atoms with Crippen molar-refractivity contribution < 1.29 is 9.26 Å². The normalized spacial score (nSPS) is 19.1. The Morgan fingerprint density at radius 1 is 1.13 bits per heavy atom. The molecule has 2 heterocycles. The molecule has 0 radical (unpaired) electrons. The first-order valence-corrected chi connectivity index (χ1v) is 8.25. The Morgan fingerprint density at radius 2 is 1.87 bits per heavy atom. The van der Waals surface area contributed by atoms with Crippen molar-refractivity contribution >= 4 is 5.69 Å². The number of nitrogens with zero attached hydrogens (tertiary/aromatic N) is 4. The van der Waals surface area contributed by atoms with Gasteiger partial charge in [0.15, 0.2) is 5.82 Å². The van der Waals surface area contributed by atoms with Crippen LogP contribution in [0.15, 0.2) is 28.8 Å². The second kappa shape index (κ2) is 6.20. The van der Waals surface area contributed by atoms with E-state index in [0.717, 1.165) is 50.2 Å². The summed E-state index contributed by atoms with van der Waals surface area (Å²) in [5.74, 6) is 3.08. The molecular formula is C17H22N4O2. The van der Waals surface area contributed by atoms with Crippen molar-refractivity contribution in [1.82, 2.24) is 15.0 Å². The lowest BCUT2D eigenvalue weighted by atomic mass is 10.2. The fraction of sp³-hybridized carbons (Fsp3) is 0.529. The van der Waals surface area contributed by atoms with Gasteiger partial charge in [-0.3, -0.25) is 4.90 Å². The lowest BCUT2D eigenvalue weighted by Gasteiger charge is -2.35. The third kappa shape index (κ3) is 3.32. The summed E-state index contributed by atoms with van der Waals surface area (Å²) in [5.41, 5.74) is 1.25. The van der Waals surface area contributed by atoms with Crippen molar-refractivity contribution in [3.8, 4) is 5.75 Å². The predicted octanol–water partition coefficient (Wildman–Crippen LogP) is 2.28. The van der Waals surface area contributed by atoms with Gasteiger partial charge in [0, 0.05) is 37.8 Å². The van der Waals surface area contributed by atoms with Crippen LogP contribution in [-0.2, 0) is 6.54 Å². The van der Waals surface area contributed by atoms with Crippen LogP contribution >= 0.6 is 0 Å². The van der Waals surface area contributed by atoms with Gasteiger partial charge in [0.1, 0.15) is 5.75 Å². The molecule has 6 heteroatoms. The highest BCUT2D eigenvalue weighted by Crippen LogP contribution is 2.38. The number of aromatic nitrogens is 2. The molecule has 1 aromatic carbocycles. The lowest BCUT2D eigenvalue weighted by Crippen LogP contribution is -2.46. The minimum atomic E-state index is 0.531. The van der Waals surface area contributed by atoms with Crippen LogP contribution in [0.2, 0.25) is 0 Å². The van der Waals surface area contributed by atoms with Gasteiger partial charge < -0.3 is 14.2 Å². The van der Waals surface area contributed by atoms with E-state index >= 15 is 0 Å². The molecule has 0 bridgehead atoms. The van der Waals surface area contributed by atoms with Crippen LogP contribution in [0.4, 0.5) is 5.69 Å². The number of anilines is 1. The van der Waals surface area contributed by atoms with Gasteiger partial charge in [-0.2, -0.15) is 4.98 Å². The monoisotopic (exact) mass is 314 g/mol. The molecule has 2 aromatic rings. The fourth-order valence-electron chi connectivity index (χ4n) is 2.99. The Labute approximate surface area is 136 Å². The molecular weight excluding hydrogens is 292 g/mol. The first-order chi connectivity index (χ1) is 11.3. The number of hydrogen-bond donors (Lipinski definition) is 0. The molecule has 2 fully saturated rings. The standard InChI is InChI=1S/C17H22N4O2/c1-22-15-6-4-14(5-7-15)21-10-8-20(9-11-21)12-16-18-17(23-19-16)13-2-3-13/h4-7,13H,2-3,8-12H2,1H3. The van der Waals surface area contributed by atoms with Gasteiger partial charge in [0.2, 0.25) is 5.89 Å². The van der Waals surface area contributed by atoms with Gasteiger partial charge in [-0.1, -0.05) is 5.16 Å². The number of rotatable bonds is 5. The molecule has 4 rings (SSSR count). The molecule has 0 N–H and O–H groups in total.